The molecule has 7 heteroatoms. The fourth-order valence-corrected chi connectivity index (χ4v) is 5.39. The third-order valence-electron chi connectivity index (χ3n) is 6.99. The summed E-state index contributed by atoms with van der Waals surface area (Å²) in [5.74, 6) is -0.871. The molecular weight excluding hydrogens is 444 g/mol. The van der Waals surface area contributed by atoms with Crippen molar-refractivity contribution in [1.29, 1.82) is 0 Å². The van der Waals surface area contributed by atoms with Crippen molar-refractivity contribution in [3.8, 4) is 11.1 Å². The number of benzene rings is 2. The molecule has 186 valence electrons. The Bertz CT molecular complexity index is 1040. The maximum absolute atomic E-state index is 13.4. The maximum atomic E-state index is 13.4. The zero-order chi connectivity index (χ0) is 24.9. The molecular formula is C28H34N2O5. The molecule has 1 aliphatic carbocycles. The molecule has 2 N–H and O–H groups in total. The van der Waals surface area contributed by atoms with E-state index in [-0.39, 0.29) is 36.8 Å². The second kappa shape index (κ2) is 10.9. The van der Waals surface area contributed by atoms with Gasteiger partial charge in [-0.3, -0.25) is 9.59 Å². The van der Waals surface area contributed by atoms with Gasteiger partial charge in [-0.25, -0.2) is 4.79 Å². The van der Waals surface area contributed by atoms with Crippen LogP contribution in [0.15, 0.2) is 48.5 Å². The van der Waals surface area contributed by atoms with E-state index in [1.165, 1.54) is 0 Å². The summed E-state index contributed by atoms with van der Waals surface area (Å²) in [5, 5.41) is 11.9. The Balaban J connectivity index is 1.41. The number of carboxylic acid groups (broad SMARTS) is 1. The average molecular weight is 479 g/mol. The van der Waals surface area contributed by atoms with Gasteiger partial charge in [-0.2, -0.15) is 0 Å². The molecule has 4 rings (SSSR count). The molecule has 0 radical (unpaired) electrons. The number of likely N-dealkylation sites (tertiary alicyclic amines) is 1. The summed E-state index contributed by atoms with van der Waals surface area (Å²) in [4.78, 5) is 39.0. The molecule has 2 aromatic carbocycles. The predicted octanol–water partition coefficient (Wildman–Crippen LogP) is 4.80. The van der Waals surface area contributed by atoms with E-state index in [1.54, 1.807) is 4.90 Å². The van der Waals surface area contributed by atoms with Crippen molar-refractivity contribution >= 4 is 18.0 Å². The van der Waals surface area contributed by atoms with E-state index in [1.807, 2.05) is 38.1 Å². The van der Waals surface area contributed by atoms with E-state index in [4.69, 9.17) is 9.84 Å². The van der Waals surface area contributed by atoms with Crippen LogP contribution in [0, 0.1) is 5.92 Å². The van der Waals surface area contributed by atoms with Gasteiger partial charge >= 0.3 is 12.1 Å². The molecule has 1 fully saturated rings. The van der Waals surface area contributed by atoms with Crippen molar-refractivity contribution in [2.24, 2.45) is 5.92 Å². The predicted molar refractivity (Wildman–Crippen MR) is 133 cm³/mol. The fourth-order valence-electron chi connectivity index (χ4n) is 5.39. The van der Waals surface area contributed by atoms with Gasteiger partial charge < -0.3 is 20.1 Å². The second-order valence-corrected chi connectivity index (χ2v) is 9.91. The summed E-state index contributed by atoms with van der Waals surface area (Å²) in [6.07, 6.45) is 1.98. The molecule has 2 amide bonds. The van der Waals surface area contributed by atoms with Crippen LogP contribution < -0.4 is 5.32 Å². The first-order valence-corrected chi connectivity index (χ1v) is 12.5. The average Bonchev–Trinajstić information content (AvgIpc) is 3.43. The van der Waals surface area contributed by atoms with Crippen LogP contribution in [-0.4, -0.2) is 53.2 Å². The third kappa shape index (κ3) is 5.66. The van der Waals surface area contributed by atoms with Crippen LogP contribution in [0.1, 0.15) is 63.0 Å². The van der Waals surface area contributed by atoms with Crippen molar-refractivity contribution in [3.63, 3.8) is 0 Å². The van der Waals surface area contributed by atoms with E-state index in [0.717, 1.165) is 35.1 Å². The minimum absolute atomic E-state index is 0.0309. The monoisotopic (exact) mass is 478 g/mol. The van der Waals surface area contributed by atoms with Crippen molar-refractivity contribution in [1.82, 2.24) is 10.2 Å². The Morgan fingerprint density at radius 3 is 2.29 bits per heavy atom. The van der Waals surface area contributed by atoms with Crippen molar-refractivity contribution in [2.45, 2.75) is 64.0 Å². The quantitative estimate of drug-likeness (QED) is 0.540. The van der Waals surface area contributed by atoms with Gasteiger partial charge in [-0.05, 0) is 53.9 Å². The minimum atomic E-state index is -0.861. The van der Waals surface area contributed by atoms with Crippen LogP contribution in [0.25, 0.3) is 11.1 Å². The van der Waals surface area contributed by atoms with Gasteiger partial charge in [-0.1, -0.05) is 62.4 Å². The van der Waals surface area contributed by atoms with Crippen molar-refractivity contribution in [3.05, 3.63) is 59.7 Å². The summed E-state index contributed by atoms with van der Waals surface area (Å²) in [6, 6.07) is 15.5. The highest BCUT2D eigenvalue weighted by Crippen LogP contribution is 2.44. The number of fused-ring (bicyclic) bond motifs is 3. The lowest BCUT2D eigenvalue weighted by atomic mass is 9.98. The number of rotatable bonds is 9. The second-order valence-electron chi connectivity index (χ2n) is 9.91. The summed E-state index contributed by atoms with van der Waals surface area (Å²) >= 11 is 0. The number of ether oxygens (including phenoxy) is 1. The number of aliphatic carboxylic acids is 1. The lowest BCUT2D eigenvalue weighted by Crippen LogP contribution is -2.50. The van der Waals surface area contributed by atoms with E-state index in [9.17, 15) is 14.4 Å². The fraction of sp³-hybridized carbons (Fsp3) is 0.464. The van der Waals surface area contributed by atoms with Gasteiger partial charge in [0, 0.05) is 24.9 Å². The SMILES string of the molecule is CC(C)C[C@H](NC(=O)OCC1c2ccccc2-c2ccccc21)C(=O)N1CCCC1CCC(=O)O. The molecule has 1 aliphatic heterocycles. The van der Waals surface area contributed by atoms with Crippen LogP contribution >= 0.6 is 0 Å². The molecule has 0 aromatic heterocycles. The molecule has 0 spiro atoms. The highest BCUT2D eigenvalue weighted by molar-refractivity contribution is 5.86. The van der Waals surface area contributed by atoms with Crippen LogP contribution in [0.2, 0.25) is 0 Å². The standard InChI is InChI=1S/C28H34N2O5/c1-18(2)16-25(27(33)30-15-7-8-19(30)13-14-26(31)32)29-28(34)35-17-24-22-11-5-3-9-20(22)21-10-4-6-12-23(21)24/h3-6,9-12,18-19,24-25H,7-8,13-17H2,1-2H3,(H,29,34)(H,31,32)/t19?,25-/m0/s1. The number of carbonyl (C=O) groups is 3. The lowest BCUT2D eigenvalue weighted by Gasteiger charge is -2.30. The van der Waals surface area contributed by atoms with E-state index in [0.29, 0.717) is 19.4 Å². The Hall–Kier alpha value is -3.35. The number of hydrogen-bond donors (Lipinski definition) is 2. The molecule has 0 bridgehead atoms. The molecule has 1 heterocycles. The van der Waals surface area contributed by atoms with Gasteiger partial charge in [0.2, 0.25) is 5.91 Å². The van der Waals surface area contributed by atoms with Crippen molar-refractivity contribution < 1.29 is 24.2 Å². The van der Waals surface area contributed by atoms with Gasteiger partial charge in [0.05, 0.1) is 0 Å². The Morgan fingerprint density at radius 1 is 1.06 bits per heavy atom. The largest absolute Gasteiger partial charge is 0.481 e. The topological polar surface area (TPSA) is 95.9 Å². The van der Waals surface area contributed by atoms with E-state index < -0.39 is 18.1 Å². The van der Waals surface area contributed by atoms with Gasteiger partial charge in [0.25, 0.3) is 0 Å². The number of alkyl carbamates (subject to hydrolysis) is 1. The third-order valence-corrected chi connectivity index (χ3v) is 6.99. The number of carbonyl (C=O) groups excluding carboxylic acids is 2. The Morgan fingerprint density at radius 2 is 1.69 bits per heavy atom. The van der Waals surface area contributed by atoms with Crippen molar-refractivity contribution in [2.75, 3.05) is 13.2 Å². The van der Waals surface area contributed by atoms with Crippen LogP contribution in [0.4, 0.5) is 4.79 Å². The van der Waals surface area contributed by atoms with Gasteiger partial charge in [0.1, 0.15) is 12.6 Å². The number of carboxylic acids is 1. The molecule has 1 saturated heterocycles. The van der Waals surface area contributed by atoms with E-state index >= 15 is 0 Å². The summed E-state index contributed by atoms with van der Waals surface area (Å²) in [5.41, 5.74) is 4.59. The lowest BCUT2D eigenvalue weighted by molar-refractivity contribution is -0.139. The molecule has 35 heavy (non-hydrogen) atoms. The summed E-state index contributed by atoms with van der Waals surface area (Å²) in [6.45, 7) is 4.79. The summed E-state index contributed by atoms with van der Waals surface area (Å²) in [7, 11) is 0. The first kappa shape index (κ1) is 24.8. The van der Waals surface area contributed by atoms with Crippen LogP contribution in [0.5, 0.6) is 0 Å². The van der Waals surface area contributed by atoms with Gasteiger partial charge in [-0.15, -0.1) is 0 Å². The Kier molecular flexibility index (Phi) is 7.73. The smallest absolute Gasteiger partial charge is 0.407 e. The Labute approximate surface area is 206 Å². The zero-order valence-corrected chi connectivity index (χ0v) is 20.4. The highest BCUT2D eigenvalue weighted by Gasteiger charge is 2.35. The maximum Gasteiger partial charge on any atom is 0.407 e. The molecule has 1 unspecified atom stereocenters. The molecule has 2 aliphatic rings. The van der Waals surface area contributed by atoms with Crippen LogP contribution in [-0.2, 0) is 14.3 Å². The van der Waals surface area contributed by atoms with E-state index in [2.05, 4.69) is 29.6 Å². The number of amides is 2. The molecule has 7 nitrogen and oxygen atoms in total. The number of nitrogens with zero attached hydrogens (tertiary/aromatic N) is 1. The first-order chi connectivity index (χ1) is 16.8. The number of nitrogens with one attached hydrogen (secondary N) is 1. The van der Waals surface area contributed by atoms with Crippen LogP contribution in [0.3, 0.4) is 0 Å². The highest BCUT2D eigenvalue weighted by atomic mass is 16.5. The number of hydrogen-bond acceptors (Lipinski definition) is 4. The zero-order valence-electron chi connectivity index (χ0n) is 20.4. The first-order valence-electron chi connectivity index (χ1n) is 12.5. The molecule has 2 atom stereocenters. The minimum Gasteiger partial charge on any atom is -0.481 e. The normalized spacial score (nSPS) is 17.7. The molecule has 2 aromatic rings. The molecule has 0 saturated carbocycles. The summed E-state index contributed by atoms with van der Waals surface area (Å²) < 4.78 is 5.67. The van der Waals surface area contributed by atoms with Gasteiger partial charge in [0.15, 0.2) is 0 Å².